The fraction of sp³-hybridized carbons (Fsp3) is 0.750. The minimum atomic E-state index is 0.643. The van der Waals surface area contributed by atoms with E-state index in [0.29, 0.717) is 5.41 Å². The normalized spacial score (nSPS) is 36.0. The molecule has 5 rings (SSSR count). The Balaban J connectivity index is 1.37. The molecule has 3 nitrogen and oxygen atoms in total. The lowest BCUT2D eigenvalue weighted by molar-refractivity contribution is 0.203. The van der Waals surface area contributed by atoms with Crippen molar-refractivity contribution in [1.29, 1.82) is 0 Å². The van der Waals surface area contributed by atoms with Gasteiger partial charge in [0.1, 0.15) is 11.7 Å². The van der Waals surface area contributed by atoms with Crippen LogP contribution in [0.4, 0.5) is 11.4 Å². The molecule has 4 aliphatic rings. The summed E-state index contributed by atoms with van der Waals surface area (Å²) in [4.78, 5) is 2.68. The largest absolute Gasteiger partial charge is 0.371 e. The van der Waals surface area contributed by atoms with Crippen molar-refractivity contribution >= 4 is 11.4 Å². The Morgan fingerprint density at radius 3 is 2.48 bits per heavy atom. The molecular formula is C24H38N3+. The predicted molar refractivity (Wildman–Crippen MR) is 115 cm³/mol. The van der Waals surface area contributed by atoms with Gasteiger partial charge in [-0.3, -0.25) is 4.48 Å². The van der Waals surface area contributed by atoms with Gasteiger partial charge in [-0.05, 0) is 43.7 Å². The van der Waals surface area contributed by atoms with Crippen molar-refractivity contribution in [2.45, 2.75) is 76.8 Å². The lowest BCUT2D eigenvalue weighted by Crippen LogP contribution is -2.59. The first-order valence-corrected chi connectivity index (χ1v) is 11.7. The van der Waals surface area contributed by atoms with Gasteiger partial charge in [0.25, 0.3) is 0 Å². The molecule has 3 saturated heterocycles. The molecule has 1 spiro atoms. The van der Waals surface area contributed by atoms with Gasteiger partial charge >= 0.3 is 0 Å². The third-order valence-electron chi connectivity index (χ3n) is 8.67. The predicted octanol–water partition coefficient (Wildman–Crippen LogP) is 4.70. The highest BCUT2D eigenvalue weighted by Gasteiger charge is 2.48. The van der Waals surface area contributed by atoms with Crippen LogP contribution >= 0.6 is 0 Å². The van der Waals surface area contributed by atoms with Crippen LogP contribution in [0, 0.1) is 5.41 Å². The Morgan fingerprint density at radius 1 is 1.00 bits per heavy atom. The van der Waals surface area contributed by atoms with Crippen LogP contribution in [-0.2, 0) is 0 Å². The number of quaternary nitrogens is 1. The van der Waals surface area contributed by atoms with Gasteiger partial charge in [0.05, 0.1) is 12.6 Å². The van der Waals surface area contributed by atoms with Gasteiger partial charge in [0.15, 0.2) is 0 Å². The van der Waals surface area contributed by atoms with Gasteiger partial charge in [0, 0.05) is 63.3 Å². The molecule has 1 saturated carbocycles. The maximum Gasteiger partial charge on any atom is 0.133 e. The van der Waals surface area contributed by atoms with Crippen LogP contribution in [0.1, 0.15) is 64.7 Å². The van der Waals surface area contributed by atoms with Crippen molar-refractivity contribution in [3.63, 3.8) is 0 Å². The number of anilines is 1. The molecule has 1 unspecified atom stereocenters. The third kappa shape index (κ3) is 3.02. The zero-order valence-electron chi connectivity index (χ0n) is 17.3. The SMILES string of the molecule is C[C@H]1CCC[N+]1(c1ccc(N2CCC3(CCCCC3)C2)cc1)[C@H]1CCNC1. The highest BCUT2D eigenvalue weighted by molar-refractivity contribution is 5.56. The summed E-state index contributed by atoms with van der Waals surface area (Å²) in [6, 6.07) is 11.4. The molecular weight excluding hydrogens is 330 g/mol. The zero-order valence-corrected chi connectivity index (χ0v) is 17.3. The average molecular weight is 369 g/mol. The monoisotopic (exact) mass is 368 g/mol. The number of hydrogen-bond donors (Lipinski definition) is 1. The quantitative estimate of drug-likeness (QED) is 0.778. The first-order chi connectivity index (χ1) is 13.2. The maximum atomic E-state index is 3.63. The number of rotatable bonds is 3. The molecule has 3 heterocycles. The number of nitrogens with one attached hydrogen (secondary N) is 1. The Kier molecular flexibility index (Phi) is 4.72. The zero-order chi connectivity index (χ0) is 18.3. The van der Waals surface area contributed by atoms with Crippen molar-refractivity contribution in [1.82, 2.24) is 9.80 Å². The van der Waals surface area contributed by atoms with Crippen molar-refractivity contribution in [3.05, 3.63) is 24.3 Å². The summed E-state index contributed by atoms with van der Waals surface area (Å²) in [5.41, 5.74) is 3.68. The summed E-state index contributed by atoms with van der Waals surface area (Å²) >= 11 is 0. The molecule has 0 amide bonds. The van der Waals surface area contributed by atoms with Crippen molar-refractivity contribution < 1.29 is 0 Å². The van der Waals surface area contributed by atoms with Crippen LogP contribution in [0.5, 0.6) is 0 Å². The van der Waals surface area contributed by atoms with Crippen molar-refractivity contribution in [2.75, 3.05) is 37.6 Å². The van der Waals surface area contributed by atoms with Gasteiger partial charge < -0.3 is 10.2 Å². The first-order valence-electron chi connectivity index (χ1n) is 11.7. The molecule has 0 radical (unpaired) electrons. The summed E-state index contributed by atoms with van der Waals surface area (Å²) in [5.74, 6) is 0. The van der Waals surface area contributed by atoms with E-state index in [4.69, 9.17) is 0 Å². The fourth-order valence-corrected chi connectivity index (χ4v) is 7.08. The van der Waals surface area contributed by atoms with Gasteiger partial charge in [-0.2, -0.15) is 0 Å². The highest BCUT2D eigenvalue weighted by Crippen LogP contribution is 2.45. The number of nitrogens with zero attached hydrogens (tertiary/aromatic N) is 2. The lowest BCUT2D eigenvalue weighted by atomic mass is 9.73. The highest BCUT2D eigenvalue weighted by atomic mass is 15.4. The molecule has 1 aromatic carbocycles. The van der Waals surface area contributed by atoms with Crippen LogP contribution in [-0.4, -0.2) is 44.8 Å². The Hall–Kier alpha value is -1.06. The molecule has 148 valence electrons. The summed E-state index contributed by atoms with van der Waals surface area (Å²) < 4.78 is 1.23. The van der Waals surface area contributed by atoms with Crippen LogP contribution in [0.25, 0.3) is 0 Å². The lowest BCUT2D eigenvalue weighted by Gasteiger charge is -2.43. The van der Waals surface area contributed by atoms with E-state index in [-0.39, 0.29) is 0 Å². The van der Waals surface area contributed by atoms with Gasteiger partial charge in [-0.25, -0.2) is 0 Å². The smallest absolute Gasteiger partial charge is 0.133 e. The topological polar surface area (TPSA) is 15.3 Å². The Morgan fingerprint density at radius 2 is 1.81 bits per heavy atom. The molecule has 3 heteroatoms. The summed E-state index contributed by atoms with van der Waals surface area (Å²) in [6.07, 6.45) is 12.8. The van der Waals surface area contributed by atoms with Gasteiger partial charge in [-0.1, -0.05) is 19.3 Å². The molecule has 0 aromatic heterocycles. The number of benzene rings is 1. The van der Waals surface area contributed by atoms with Crippen LogP contribution in [0.3, 0.4) is 0 Å². The van der Waals surface area contributed by atoms with E-state index < -0.39 is 0 Å². The molecule has 1 aromatic rings. The van der Waals surface area contributed by atoms with E-state index in [1.165, 1.54) is 101 Å². The standard InChI is InChI=1S/C24H38N3/c1-20-6-5-17-27(20,23-11-15-25-18-23)22-9-7-21(8-10-22)26-16-14-24(19-26)12-3-2-4-13-24/h7-10,20,23,25H,2-6,11-19H2,1H3/q+1/t20-,23-,27?/m0/s1. The third-order valence-corrected chi connectivity index (χ3v) is 8.67. The number of hydrogen-bond acceptors (Lipinski definition) is 2. The minimum absolute atomic E-state index is 0.643. The molecule has 3 aliphatic heterocycles. The van der Waals surface area contributed by atoms with E-state index in [9.17, 15) is 0 Å². The molecule has 4 fully saturated rings. The van der Waals surface area contributed by atoms with Gasteiger partial charge in [-0.15, -0.1) is 0 Å². The Bertz CT molecular complexity index is 642. The average Bonchev–Trinajstić information content (AvgIpc) is 3.44. The molecule has 1 aliphatic carbocycles. The van der Waals surface area contributed by atoms with E-state index in [1.807, 2.05) is 0 Å². The molecule has 27 heavy (non-hydrogen) atoms. The summed E-state index contributed by atoms with van der Waals surface area (Å²) in [7, 11) is 0. The van der Waals surface area contributed by atoms with Crippen molar-refractivity contribution in [3.8, 4) is 0 Å². The second kappa shape index (κ2) is 7.08. The molecule has 1 N–H and O–H groups in total. The van der Waals surface area contributed by atoms with Crippen molar-refractivity contribution in [2.24, 2.45) is 5.41 Å². The molecule has 3 atom stereocenters. The fourth-order valence-electron chi connectivity index (χ4n) is 7.08. The van der Waals surface area contributed by atoms with Crippen LogP contribution in [0.2, 0.25) is 0 Å². The minimum Gasteiger partial charge on any atom is -0.371 e. The van der Waals surface area contributed by atoms with Gasteiger partial charge in [0.2, 0.25) is 0 Å². The van der Waals surface area contributed by atoms with E-state index >= 15 is 0 Å². The van der Waals surface area contributed by atoms with Crippen LogP contribution in [0.15, 0.2) is 24.3 Å². The summed E-state index contributed by atoms with van der Waals surface area (Å²) in [6.45, 7) is 8.79. The summed E-state index contributed by atoms with van der Waals surface area (Å²) in [5, 5.41) is 3.63. The Labute approximate surface area is 165 Å². The van der Waals surface area contributed by atoms with E-state index in [1.54, 1.807) is 5.69 Å². The second-order valence-corrected chi connectivity index (χ2v) is 10.0. The second-order valence-electron chi connectivity index (χ2n) is 10.0. The van der Waals surface area contributed by atoms with Crippen LogP contribution < -0.4 is 14.7 Å². The maximum absolute atomic E-state index is 3.63. The first kappa shape index (κ1) is 18.0. The molecule has 0 bridgehead atoms. The number of likely N-dealkylation sites (tertiary alicyclic amines) is 1. The van der Waals surface area contributed by atoms with E-state index in [0.717, 1.165) is 12.1 Å². The van der Waals surface area contributed by atoms with E-state index in [2.05, 4.69) is 41.4 Å².